The van der Waals surface area contributed by atoms with Crippen LogP contribution in [0.2, 0.25) is 0 Å². The molecule has 1 rings (SSSR count). The fraction of sp³-hybridized carbons (Fsp3) is 0.618. The first kappa shape index (κ1) is 44.3. The van der Waals surface area contributed by atoms with Crippen LogP contribution in [0.3, 0.4) is 0 Å². The molecule has 6 atom stereocenters. The molecular weight excluding hydrogens is 664 g/mol. The molecule has 0 spiro atoms. The number of nitrogens with two attached hydrogens (primary N) is 3. The second kappa shape index (κ2) is 23.6. The van der Waals surface area contributed by atoms with Gasteiger partial charge in [0.05, 0.1) is 6.42 Å². The van der Waals surface area contributed by atoms with Crippen molar-refractivity contribution < 1.29 is 43.8 Å². The monoisotopic (exact) mass is 720 g/mol. The number of carbonyl (C=O) groups is 7. The molecule has 0 radical (unpaired) electrons. The van der Waals surface area contributed by atoms with Gasteiger partial charge >= 0.3 is 5.97 Å². The van der Waals surface area contributed by atoms with Crippen molar-refractivity contribution in [2.75, 3.05) is 13.1 Å². The average molecular weight is 721 g/mol. The fourth-order valence-electron chi connectivity index (χ4n) is 4.92. The fourth-order valence-corrected chi connectivity index (χ4v) is 4.92. The predicted octanol–water partition coefficient (Wildman–Crippen LogP) is -0.967. The number of nitrogens with one attached hydrogen (secondary N) is 5. The molecule has 286 valence electrons. The predicted molar refractivity (Wildman–Crippen MR) is 188 cm³/mol. The van der Waals surface area contributed by atoms with Crippen LogP contribution < -0.4 is 43.8 Å². The van der Waals surface area contributed by atoms with E-state index in [0.717, 1.165) is 6.42 Å². The minimum atomic E-state index is -1.59. The summed E-state index contributed by atoms with van der Waals surface area (Å²) in [5.41, 5.74) is 17.2. The number of carboxylic acids is 1. The molecule has 0 unspecified atom stereocenters. The van der Waals surface area contributed by atoms with Gasteiger partial charge in [0.2, 0.25) is 35.4 Å². The van der Waals surface area contributed by atoms with Gasteiger partial charge in [0.1, 0.15) is 36.0 Å². The standard InChI is InChI=1S/C34H56N8O9/c1-4-20(2)17-29(45)39-24(9-5-7-15-35)30(46)40-25(10-6-8-16-36)31(47)42-27(19-28(37)44)33(49)41-26(32(48)38-21(3)34(50)51)18-22-11-13-23(43)14-12-22/h11-14,20-21,24-27,43H,4-10,15-19,35-36H2,1-3H3,(H2,37,44)(H,38,48)(H,39,45)(H,40,46)(H,41,49)(H,42,47)(H,50,51)/t20-,21-,24-,25-,26-,27-/m0/s1. The lowest BCUT2D eigenvalue weighted by Gasteiger charge is -2.26. The van der Waals surface area contributed by atoms with Gasteiger partial charge in [-0.25, -0.2) is 0 Å². The van der Waals surface area contributed by atoms with Crippen molar-refractivity contribution >= 4 is 41.4 Å². The number of aromatic hydroxyl groups is 1. The van der Waals surface area contributed by atoms with Crippen LogP contribution in [0.1, 0.15) is 84.1 Å². The van der Waals surface area contributed by atoms with Crippen LogP contribution in [-0.2, 0) is 40.0 Å². The summed E-state index contributed by atoms with van der Waals surface area (Å²) in [4.78, 5) is 89.9. The lowest BCUT2D eigenvalue weighted by atomic mass is 10.0. The molecule has 0 aliphatic carbocycles. The number of rotatable bonds is 25. The van der Waals surface area contributed by atoms with Gasteiger partial charge in [0.15, 0.2) is 0 Å². The molecule has 1 aromatic carbocycles. The summed E-state index contributed by atoms with van der Waals surface area (Å²) in [7, 11) is 0. The molecule has 6 amide bonds. The quantitative estimate of drug-likeness (QED) is 0.0548. The smallest absolute Gasteiger partial charge is 0.325 e. The minimum absolute atomic E-state index is 0.0454. The van der Waals surface area contributed by atoms with Crippen LogP contribution in [0.5, 0.6) is 5.75 Å². The Kier molecular flexibility index (Phi) is 20.5. The zero-order valence-corrected chi connectivity index (χ0v) is 29.7. The molecule has 0 aliphatic rings. The lowest BCUT2D eigenvalue weighted by molar-refractivity contribution is -0.142. The Labute approximate surface area is 298 Å². The van der Waals surface area contributed by atoms with E-state index in [0.29, 0.717) is 44.3 Å². The van der Waals surface area contributed by atoms with Crippen molar-refractivity contribution in [3.63, 3.8) is 0 Å². The summed E-state index contributed by atoms with van der Waals surface area (Å²) in [6.07, 6.45) is 2.60. The molecule has 51 heavy (non-hydrogen) atoms. The van der Waals surface area contributed by atoms with Crippen molar-refractivity contribution in [1.82, 2.24) is 26.6 Å². The highest BCUT2D eigenvalue weighted by molar-refractivity contribution is 5.97. The molecule has 0 saturated heterocycles. The summed E-state index contributed by atoms with van der Waals surface area (Å²) < 4.78 is 0. The summed E-state index contributed by atoms with van der Waals surface area (Å²) >= 11 is 0. The zero-order valence-electron chi connectivity index (χ0n) is 29.7. The number of aliphatic carboxylic acids is 1. The number of phenols is 1. The van der Waals surface area contributed by atoms with Gasteiger partial charge in [0, 0.05) is 12.8 Å². The maximum Gasteiger partial charge on any atom is 0.325 e. The number of amides is 6. The largest absolute Gasteiger partial charge is 0.508 e. The van der Waals surface area contributed by atoms with Crippen LogP contribution >= 0.6 is 0 Å². The lowest BCUT2D eigenvalue weighted by Crippen LogP contribution is -2.59. The van der Waals surface area contributed by atoms with Gasteiger partial charge in [0.25, 0.3) is 0 Å². The van der Waals surface area contributed by atoms with Gasteiger partial charge in [-0.15, -0.1) is 0 Å². The maximum absolute atomic E-state index is 13.7. The second-order valence-electron chi connectivity index (χ2n) is 12.7. The second-order valence-corrected chi connectivity index (χ2v) is 12.7. The highest BCUT2D eigenvalue weighted by Gasteiger charge is 2.33. The molecule has 1 aromatic rings. The number of unbranched alkanes of at least 4 members (excludes halogenated alkanes) is 2. The first-order valence-corrected chi connectivity index (χ1v) is 17.3. The summed E-state index contributed by atoms with van der Waals surface area (Å²) in [6.45, 7) is 5.79. The Hall–Kier alpha value is -4.77. The Bertz CT molecular complexity index is 1310. The third-order valence-corrected chi connectivity index (χ3v) is 8.19. The normalized spacial score (nSPS) is 14.5. The average Bonchev–Trinajstić information content (AvgIpc) is 3.07. The van der Waals surface area contributed by atoms with E-state index in [2.05, 4.69) is 26.6 Å². The Morgan fingerprint density at radius 3 is 1.63 bits per heavy atom. The molecule has 17 nitrogen and oxygen atoms in total. The number of carbonyl (C=O) groups excluding carboxylic acids is 6. The molecule has 17 heteroatoms. The molecular formula is C34H56N8O9. The van der Waals surface area contributed by atoms with Crippen LogP contribution in [-0.4, -0.2) is 94.9 Å². The number of primary amides is 1. The first-order chi connectivity index (χ1) is 24.1. The summed E-state index contributed by atoms with van der Waals surface area (Å²) in [6, 6.07) is -0.725. The van der Waals surface area contributed by atoms with Crippen molar-refractivity contribution in [2.45, 2.75) is 115 Å². The maximum atomic E-state index is 13.7. The number of carboxylic acid groups (broad SMARTS) is 1. The minimum Gasteiger partial charge on any atom is -0.508 e. The van der Waals surface area contributed by atoms with Crippen molar-refractivity contribution in [2.24, 2.45) is 23.1 Å². The van der Waals surface area contributed by atoms with E-state index in [1.807, 2.05) is 13.8 Å². The molecule has 0 aliphatic heterocycles. The summed E-state index contributed by atoms with van der Waals surface area (Å²) in [5, 5.41) is 31.6. The number of phenolic OH excluding ortho intramolecular Hbond substituents is 1. The van der Waals surface area contributed by atoms with E-state index in [-0.39, 0.29) is 43.3 Å². The zero-order chi connectivity index (χ0) is 38.5. The SMILES string of the molecule is CC[C@H](C)CC(=O)N[C@@H](CCCCN)C(=O)N[C@@H](CCCCN)C(=O)N[C@@H](CC(N)=O)C(=O)N[C@@H](Cc1ccc(O)cc1)C(=O)N[C@@H](C)C(=O)O. The third kappa shape index (κ3) is 17.6. The highest BCUT2D eigenvalue weighted by atomic mass is 16.4. The molecule has 0 fully saturated rings. The van der Waals surface area contributed by atoms with E-state index in [1.54, 1.807) is 0 Å². The molecule has 0 bridgehead atoms. The third-order valence-electron chi connectivity index (χ3n) is 8.19. The van der Waals surface area contributed by atoms with Gasteiger partial charge in [-0.1, -0.05) is 32.4 Å². The number of benzene rings is 1. The summed E-state index contributed by atoms with van der Waals surface area (Å²) in [5.74, 6) is -5.84. The molecule has 0 aromatic heterocycles. The van der Waals surface area contributed by atoms with Crippen molar-refractivity contribution in [3.05, 3.63) is 29.8 Å². The number of hydrogen-bond acceptors (Lipinski definition) is 10. The Balaban J connectivity index is 3.29. The van der Waals surface area contributed by atoms with Gasteiger partial charge in [-0.2, -0.15) is 0 Å². The van der Waals surface area contributed by atoms with Crippen LogP contribution in [0.15, 0.2) is 24.3 Å². The van der Waals surface area contributed by atoms with Gasteiger partial charge in [-0.05, 0) is 82.2 Å². The van der Waals surface area contributed by atoms with E-state index >= 15 is 0 Å². The highest BCUT2D eigenvalue weighted by Crippen LogP contribution is 2.13. The first-order valence-electron chi connectivity index (χ1n) is 17.3. The van der Waals surface area contributed by atoms with Crippen LogP contribution in [0, 0.1) is 5.92 Å². The Morgan fingerprint density at radius 2 is 1.14 bits per heavy atom. The molecule has 0 saturated carbocycles. The van der Waals surface area contributed by atoms with E-state index < -0.39 is 72.1 Å². The van der Waals surface area contributed by atoms with E-state index in [1.165, 1.54) is 31.2 Å². The van der Waals surface area contributed by atoms with E-state index in [9.17, 15) is 43.8 Å². The van der Waals surface area contributed by atoms with E-state index in [4.69, 9.17) is 17.2 Å². The van der Waals surface area contributed by atoms with Crippen LogP contribution in [0.25, 0.3) is 0 Å². The Morgan fingerprint density at radius 1 is 0.667 bits per heavy atom. The topological polar surface area (TPSA) is 298 Å². The molecule has 0 heterocycles. The molecule has 13 N–H and O–H groups in total. The van der Waals surface area contributed by atoms with Gasteiger partial charge < -0.3 is 54.0 Å². The van der Waals surface area contributed by atoms with Gasteiger partial charge in [-0.3, -0.25) is 33.6 Å². The number of hydrogen-bond donors (Lipinski definition) is 10. The van der Waals surface area contributed by atoms with Crippen LogP contribution in [0.4, 0.5) is 0 Å². The van der Waals surface area contributed by atoms with Crippen molar-refractivity contribution in [1.29, 1.82) is 0 Å². The van der Waals surface area contributed by atoms with Crippen molar-refractivity contribution in [3.8, 4) is 5.75 Å².